The summed E-state index contributed by atoms with van der Waals surface area (Å²) in [6.07, 6.45) is 3.37. The monoisotopic (exact) mass is 273 g/mol. The van der Waals surface area contributed by atoms with Gasteiger partial charge in [-0.05, 0) is 51.1 Å². The van der Waals surface area contributed by atoms with E-state index in [1.807, 2.05) is 12.1 Å². The second-order valence-corrected chi connectivity index (χ2v) is 6.31. The van der Waals surface area contributed by atoms with Crippen molar-refractivity contribution >= 4 is 11.6 Å². The minimum Gasteiger partial charge on any atom is -0.326 e. The summed E-state index contributed by atoms with van der Waals surface area (Å²) in [5.41, 5.74) is 2.16. The molecule has 2 fully saturated rings. The van der Waals surface area contributed by atoms with Crippen molar-refractivity contribution in [1.29, 1.82) is 0 Å². The van der Waals surface area contributed by atoms with Crippen LogP contribution in [0.25, 0.3) is 0 Å². The van der Waals surface area contributed by atoms with Gasteiger partial charge < -0.3 is 15.5 Å². The van der Waals surface area contributed by atoms with Gasteiger partial charge in [0, 0.05) is 24.3 Å². The zero-order chi connectivity index (χ0) is 14.1. The summed E-state index contributed by atoms with van der Waals surface area (Å²) in [7, 11) is 4.11. The predicted octanol–water partition coefficient (Wildman–Crippen LogP) is 1.83. The van der Waals surface area contributed by atoms with Gasteiger partial charge in [-0.15, -0.1) is 0 Å². The highest BCUT2D eigenvalue weighted by atomic mass is 16.2. The van der Waals surface area contributed by atoms with Crippen LogP contribution in [0.2, 0.25) is 0 Å². The van der Waals surface area contributed by atoms with Crippen molar-refractivity contribution in [1.82, 2.24) is 10.2 Å². The van der Waals surface area contributed by atoms with Crippen LogP contribution < -0.4 is 10.6 Å². The highest BCUT2D eigenvalue weighted by Crippen LogP contribution is 2.33. The molecule has 2 saturated heterocycles. The quantitative estimate of drug-likeness (QED) is 0.879. The SMILES string of the molecule is CN(C)Cc1ccc(NC(=O)C2CC3CCC2N3)cc1. The zero-order valence-corrected chi connectivity index (χ0v) is 12.2. The number of benzene rings is 1. The number of carbonyl (C=O) groups excluding carboxylic acids is 1. The molecule has 0 spiro atoms. The third kappa shape index (κ3) is 2.86. The van der Waals surface area contributed by atoms with Gasteiger partial charge in [0.15, 0.2) is 0 Å². The standard InChI is InChI=1S/C16H23N3O/c1-19(2)10-11-3-5-12(6-4-11)18-16(20)14-9-13-7-8-15(14)17-13/h3-6,13-15,17H,7-10H2,1-2H3,(H,18,20). The van der Waals surface area contributed by atoms with E-state index in [9.17, 15) is 4.79 Å². The average molecular weight is 273 g/mol. The summed E-state index contributed by atoms with van der Waals surface area (Å²) in [5, 5.41) is 6.57. The second kappa shape index (κ2) is 5.54. The van der Waals surface area contributed by atoms with Crippen molar-refractivity contribution in [3.63, 3.8) is 0 Å². The van der Waals surface area contributed by atoms with E-state index in [4.69, 9.17) is 0 Å². The molecule has 0 aromatic heterocycles. The fourth-order valence-corrected chi connectivity index (χ4v) is 3.41. The first kappa shape index (κ1) is 13.6. The molecular weight excluding hydrogens is 250 g/mol. The number of anilines is 1. The van der Waals surface area contributed by atoms with Gasteiger partial charge >= 0.3 is 0 Å². The lowest BCUT2D eigenvalue weighted by atomic mass is 9.88. The predicted molar refractivity (Wildman–Crippen MR) is 80.5 cm³/mol. The number of amides is 1. The molecule has 3 rings (SSSR count). The van der Waals surface area contributed by atoms with Crippen molar-refractivity contribution in [2.75, 3.05) is 19.4 Å². The zero-order valence-electron chi connectivity index (χ0n) is 12.2. The number of rotatable bonds is 4. The molecule has 1 aromatic rings. The Morgan fingerprint density at radius 1 is 1.30 bits per heavy atom. The van der Waals surface area contributed by atoms with E-state index in [-0.39, 0.29) is 11.8 Å². The first-order chi connectivity index (χ1) is 9.61. The summed E-state index contributed by atoms with van der Waals surface area (Å²) < 4.78 is 0. The number of carbonyl (C=O) groups is 1. The molecule has 1 aromatic carbocycles. The van der Waals surface area contributed by atoms with Crippen molar-refractivity contribution < 1.29 is 4.79 Å². The molecule has 2 aliphatic rings. The van der Waals surface area contributed by atoms with Gasteiger partial charge in [-0.25, -0.2) is 0 Å². The third-order valence-corrected chi connectivity index (χ3v) is 4.36. The minimum absolute atomic E-state index is 0.148. The van der Waals surface area contributed by atoms with E-state index >= 15 is 0 Å². The lowest BCUT2D eigenvalue weighted by Crippen LogP contribution is -2.32. The van der Waals surface area contributed by atoms with Gasteiger partial charge in [0.2, 0.25) is 5.91 Å². The maximum absolute atomic E-state index is 12.3. The molecule has 2 heterocycles. The molecule has 2 aliphatic heterocycles. The van der Waals surface area contributed by atoms with Crippen LogP contribution in [0.3, 0.4) is 0 Å². The summed E-state index contributed by atoms with van der Waals surface area (Å²) in [4.78, 5) is 14.4. The van der Waals surface area contributed by atoms with Crippen LogP contribution in [0, 0.1) is 5.92 Å². The highest BCUT2D eigenvalue weighted by molar-refractivity contribution is 5.93. The van der Waals surface area contributed by atoms with Gasteiger partial charge in [-0.3, -0.25) is 4.79 Å². The van der Waals surface area contributed by atoms with Gasteiger partial charge in [0.1, 0.15) is 0 Å². The molecule has 20 heavy (non-hydrogen) atoms. The van der Waals surface area contributed by atoms with Crippen LogP contribution in [0.1, 0.15) is 24.8 Å². The van der Waals surface area contributed by atoms with Crippen molar-refractivity contribution in [3.05, 3.63) is 29.8 Å². The Hall–Kier alpha value is -1.39. The molecular formula is C16H23N3O. The van der Waals surface area contributed by atoms with E-state index in [2.05, 4.69) is 41.8 Å². The van der Waals surface area contributed by atoms with Gasteiger partial charge in [-0.1, -0.05) is 12.1 Å². The van der Waals surface area contributed by atoms with Crippen LogP contribution in [0.5, 0.6) is 0 Å². The average Bonchev–Trinajstić information content (AvgIpc) is 3.03. The molecule has 3 unspecified atom stereocenters. The number of fused-ring (bicyclic) bond motifs is 2. The summed E-state index contributed by atoms with van der Waals surface area (Å²) in [5.74, 6) is 0.320. The Morgan fingerprint density at radius 2 is 2.05 bits per heavy atom. The smallest absolute Gasteiger partial charge is 0.229 e. The molecule has 0 saturated carbocycles. The molecule has 4 nitrogen and oxygen atoms in total. The Labute approximate surface area is 120 Å². The van der Waals surface area contributed by atoms with Gasteiger partial charge in [0.25, 0.3) is 0 Å². The maximum Gasteiger partial charge on any atom is 0.229 e. The van der Waals surface area contributed by atoms with Crippen LogP contribution in [-0.4, -0.2) is 37.0 Å². The lowest BCUT2D eigenvalue weighted by molar-refractivity contribution is -0.120. The second-order valence-electron chi connectivity index (χ2n) is 6.31. The van der Waals surface area contributed by atoms with Crippen molar-refractivity contribution in [2.45, 2.75) is 37.9 Å². The van der Waals surface area contributed by atoms with Crippen LogP contribution >= 0.6 is 0 Å². The minimum atomic E-state index is 0.148. The number of nitrogens with zero attached hydrogens (tertiary/aromatic N) is 1. The maximum atomic E-state index is 12.3. The molecule has 2 bridgehead atoms. The van der Waals surface area contributed by atoms with E-state index in [0.717, 1.165) is 25.1 Å². The molecule has 3 atom stereocenters. The van der Waals surface area contributed by atoms with Gasteiger partial charge in [0.05, 0.1) is 5.92 Å². The fourth-order valence-electron chi connectivity index (χ4n) is 3.41. The number of nitrogens with one attached hydrogen (secondary N) is 2. The molecule has 1 amide bonds. The Balaban J connectivity index is 1.59. The van der Waals surface area contributed by atoms with Crippen molar-refractivity contribution in [2.24, 2.45) is 5.92 Å². The number of hydrogen-bond acceptors (Lipinski definition) is 3. The molecule has 0 aliphatic carbocycles. The van der Waals surface area contributed by atoms with Gasteiger partial charge in [-0.2, -0.15) is 0 Å². The third-order valence-electron chi connectivity index (χ3n) is 4.36. The lowest BCUT2D eigenvalue weighted by Gasteiger charge is -2.19. The molecule has 108 valence electrons. The summed E-state index contributed by atoms with van der Waals surface area (Å²) in [6, 6.07) is 9.11. The highest BCUT2D eigenvalue weighted by Gasteiger charge is 2.42. The first-order valence-corrected chi connectivity index (χ1v) is 7.42. The van der Waals surface area contributed by atoms with Crippen LogP contribution in [0.15, 0.2) is 24.3 Å². The van der Waals surface area contributed by atoms with E-state index in [1.165, 1.54) is 12.0 Å². The van der Waals surface area contributed by atoms with Crippen LogP contribution in [-0.2, 0) is 11.3 Å². The number of hydrogen-bond donors (Lipinski definition) is 2. The Kier molecular flexibility index (Phi) is 3.76. The fraction of sp³-hybridized carbons (Fsp3) is 0.562. The molecule has 4 heteroatoms. The van der Waals surface area contributed by atoms with E-state index in [0.29, 0.717) is 12.1 Å². The first-order valence-electron chi connectivity index (χ1n) is 7.42. The Morgan fingerprint density at radius 3 is 2.60 bits per heavy atom. The molecule has 2 N–H and O–H groups in total. The Bertz CT molecular complexity index is 483. The largest absolute Gasteiger partial charge is 0.326 e. The topological polar surface area (TPSA) is 44.4 Å². The van der Waals surface area contributed by atoms with E-state index in [1.54, 1.807) is 0 Å². The van der Waals surface area contributed by atoms with Crippen molar-refractivity contribution in [3.8, 4) is 0 Å². The normalized spacial score (nSPS) is 28.1. The molecule has 0 radical (unpaired) electrons. The summed E-state index contributed by atoms with van der Waals surface area (Å²) in [6.45, 7) is 0.921. The van der Waals surface area contributed by atoms with E-state index < -0.39 is 0 Å². The van der Waals surface area contributed by atoms with Crippen LogP contribution in [0.4, 0.5) is 5.69 Å². The summed E-state index contributed by atoms with van der Waals surface area (Å²) >= 11 is 0.